The number of aliphatic hydroxyl groups is 2. The highest BCUT2D eigenvalue weighted by Crippen LogP contribution is 2.42. The van der Waals surface area contributed by atoms with Crippen LogP contribution in [0.25, 0.3) is 11.0 Å². The molecule has 31 heteroatoms. The molecule has 80 heavy (non-hydrogen) atoms. The molecule has 3 aromatic heterocycles. The number of nitrogens with zero attached hydrogens (tertiary/aromatic N) is 8. The maximum absolute atomic E-state index is 13.6. The second-order valence-electron chi connectivity index (χ2n) is 18.9. The first-order valence-corrected chi connectivity index (χ1v) is 28.7. The summed E-state index contributed by atoms with van der Waals surface area (Å²) in [5.74, 6) is -4.44. The Balaban J connectivity index is 0.624. The molecule has 26 nitrogen and oxygen atoms in total. The van der Waals surface area contributed by atoms with Crippen LogP contribution < -0.4 is 9.64 Å². The highest BCUT2D eigenvalue weighted by Gasteiger charge is 2.46. The number of aliphatic hydroxyl groups excluding tert-OH is 2. The van der Waals surface area contributed by atoms with Crippen molar-refractivity contribution in [1.29, 1.82) is 0 Å². The zero-order chi connectivity index (χ0) is 56.7. The summed E-state index contributed by atoms with van der Waals surface area (Å²) >= 11 is 6.44. The van der Waals surface area contributed by atoms with Crippen LogP contribution in [-0.2, 0) is 74.4 Å². The van der Waals surface area contributed by atoms with Gasteiger partial charge in [-0.05, 0) is 43.7 Å². The summed E-state index contributed by atoms with van der Waals surface area (Å²) in [7, 11) is -4.43. The second kappa shape index (κ2) is 33.3. The number of aryl methyl sites for hydroxylation is 1. The maximum atomic E-state index is 13.6. The molecule has 3 aliphatic rings. The minimum Gasteiger partial charge on any atom is -0.420 e. The predicted octanol–water partition coefficient (Wildman–Crippen LogP) is 2.64. The van der Waals surface area contributed by atoms with Crippen LogP contribution in [-0.4, -0.2) is 223 Å². The van der Waals surface area contributed by atoms with Gasteiger partial charge in [0.1, 0.15) is 36.3 Å². The zero-order valence-corrected chi connectivity index (χ0v) is 45.8. The lowest BCUT2D eigenvalue weighted by Crippen LogP contribution is -2.46. The van der Waals surface area contributed by atoms with Crippen molar-refractivity contribution >= 4 is 42.0 Å². The molecular weight excluding hydrogens is 1110 g/mol. The number of ether oxygens (including phenoxy) is 12. The van der Waals surface area contributed by atoms with Crippen LogP contribution in [0.5, 0.6) is 5.75 Å². The number of hydrogen-bond donors (Lipinski definition) is 4. The Bertz CT molecular complexity index is 2510. The Labute approximate surface area is 464 Å². The van der Waals surface area contributed by atoms with Crippen LogP contribution in [0, 0.1) is 29.3 Å². The van der Waals surface area contributed by atoms with Gasteiger partial charge in [-0.1, -0.05) is 5.21 Å². The van der Waals surface area contributed by atoms with Gasteiger partial charge in [0.25, 0.3) is 0 Å². The number of carbonyl (C=O) groups is 1. The van der Waals surface area contributed by atoms with Gasteiger partial charge in [-0.25, -0.2) is 22.5 Å². The van der Waals surface area contributed by atoms with Gasteiger partial charge in [-0.2, -0.15) is 15.1 Å². The fourth-order valence-electron chi connectivity index (χ4n) is 9.22. The second-order valence-corrected chi connectivity index (χ2v) is 20.9. The molecule has 4 N–H and O–H groups in total. The smallest absolute Gasteiger partial charge is 0.350 e. The van der Waals surface area contributed by atoms with E-state index in [0.29, 0.717) is 141 Å². The number of fused-ring (bicyclic) bond motifs is 3. The standard InChI is InChI=1S/C49H71ClF3N8O18P/c50-49-55-46(37-27-54-61(47(37)56-49)48-43(64)42(63)40(78-48)31-76-32-80(65,66)67)59-28-33-4-5-34(29-59)44(33)77-8-2-1-3-36-30-60(58-57-36)7-10-69-12-14-71-16-18-73-20-22-75-24-23-74-21-19-72-17-15-70-13-11-68-9-6-41(62)79-45-38(52)25-35(51)26-39(45)53/h25-27,30,33-34,40,42-44,48,63-64H,1-24,28-29,31-32H2,(H2,65,66,67)/t33-,34+,40-,42-,43-,44?,48-/m1/s1. The maximum Gasteiger partial charge on any atom is 0.350 e. The van der Waals surface area contributed by atoms with Crippen molar-refractivity contribution in [2.45, 2.75) is 75.7 Å². The highest BCUT2D eigenvalue weighted by molar-refractivity contribution is 7.51. The van der Waals surface area contributed by atoms with Crippen molar-refractivity contribution in [3.63, 3.8) is 0 Å². The molecule has 0 radical (unpaired) electrons. The van der Waals surface area contributed by atoms with E-state index in [0.717, 1.165) is 37.8 Å². The van der Waals surface area contributed by atoms with Gasteiger partial charge >= 0.3 is 13.6 Å². The molecule has 7 rings (SSSR count). The molecule has 1 aliphatic carbocycles. The number of carbonyl (C=O) groups excluding carboxylic acids is 1. The largest absolute Gasteiger partial charge is 0.420 e. The minimum atomic E-state index is -4.43. The average molecular weight is 1180 g/mol. The van der Waals surface area contributed by atoms with Crippen LogP contribution in [0.3, 0.4) is 0 Å². The van der Waals surface area contributed by atoms with E-state index in [9.17, 15) is 32.7 Å². The number of piperidine rings is 1. The van der Waals surface area contributed by atoms with Gasteiger partial charge in [0.2, 0.25) is 11.0 Å². The van der Waals surface area contributed by atoms with E-state index in [4.69, 9.17) is 73.5 Å². The zero-order valence-electron chi connectivity index (χ0n) is 44.2. The summed E-state index contributed by atoms with van der Waals surface area (Å²) in [4.78, 5) is 41.1. The Hall–Kier alpha value is -4.11. The average Bonchev–Trinajstić information content (AvgIpc) is 4.18. The van der Waals surface area contributed by atoms with Crippen LogP contribution in [0.2, 0.25) is 5.28 Å². The minimum absolute atomic E-state index is 0.0217. The van der Waals surface area contributed by atoms with Crippen molar-refractivity contribution in [1.82, 2.24) is 34.7 Å². The summed E-state index contributed by atoms with van der Waals surface area (Å²) in [5, 5.41) is 35.0. The highest BCUT2D eigenvalue weighted by atomic mass is 35.5. The summed E-state index contributed by atoms with van der Waals surface area (Å²) in [6, 6.07) is 0.841. The molecule has 0 spiro atoms. The Morgan fingerprint density at radius 2 is 1.30 bits per heavy atom. The number of rotatable bonds is 40. The van der Waals surface area contributed by atoms with E-state index >= 15 is 0 Å². The van der Waals surface area contributed by atoms with Crippen LogP contribution in [0.4, 0.5) is 19.0 Å². The van der Waals surface area contributed by atoms with Crippen molar-refractivity contribution < 1.29 is 99.4 Å². The lowest BCUT2D eigenvalue weighted by molar-refractivity contribution is -0.136. The summed E-state index contributed by atoms with van der Waals surface area (Å²) in [6.07, 6.45) is 2.06. The van der Waals surface area contributed by atoms with Crippen molar-refractivity contribution in [3.05, 3.63) is 53.0 Å². The molecule has 2 saturated heterocycles. The third-order valence-corrected chi connectivity index (χ3v) is 13.7. The van der Waals surface area contributed by atoms with Gasteiger partial charge < -0.3 is 81.7 Å². The molecule has 5 heterocycles. The summed E-state index contributed by atoms with van der Waals surface area (Å²) < 4.78 is 120. The first-order chi connectivity index (χ1) is 38.7. The van der Waals surface area contributed by atoms with Crippen molar-refractivity contribution in [3.8, 4) is 5.75 Å². The van der Waals surface area contributed by atoms with Gasteiger partial charge in [0.05, 0.1) is 149 Å². The van der Waals surface area contributed by atoms with Gasteiger partial charge in [0, 0.05) is 49.9 Å². The molecule has 3 fully saturated rings. The fourth-order valence-corrected chi connectivity index (χ4v) is 9.73. The molecule has 1 aromatic carbocycles. The Morgan fingerprint density at radius 3 is 1.88 bits per heavy atom. The van der Waals surface area contributed by atoms with Crippen LogP contribution >= 0.6 is 19.2 Å². The van der Waals surface area contributed by atoms with E-state index in [-0.39, 0.29) is 56.1 Å². The molecule has 0 amide bonds. The number of aromatic nitrogens is 7. The SMILES string of the molecule is O=C(CCOCCOCCOCCOCCOCCOCCOCCOCCn1cc(CCCCOC2[C@@H]3CC[C@H]2CN(c2nc(Cl)nc4c2cnn4[C@@H]2O[C@H](COCP(=O)(O)O)[C@@H](O)[C@H]2O)C3)nn1)Oc1c(F)cc(F)cc1F. The number of esters is 1. The number of unbranched alkanes of at least 4 members (excludes halogenated alkanes) is 1. The number of anilines is 1. The molecule has 1 saturated carbocycles. The van der Waals surface area contributed by atoms with Crippen LogP contribution in [0.15, 0.2) is 24.5 Å². The predicted molar refractivity (Wildman–Crippen MR) is 273 cm³/mol. The number of benzene rings is 1. The summed E-state index contributed by atoms with van der Waals surface area (Å²) in [6.45, 7) is 7.96. The van der Waals surface area contributed by atoms with Crippen molar-refractivity contribution in [2.75, 3.05) is 143 Å². The van der Waals surface area contributed by atoms with E-state index in [1.165, 1.54) is 4.68 Å². The Kier molecular flexibility index (Phi) is 26.4. The first kappa shape index (κ1) is 63.5. The quantitative estimate of drug-likeness (QED) is 0.0164. The summed E-state index contributed by atoms with van der Waals surface area (Å²) in [5.41, 5.74) is 1.21. The molecule has 1 unspecified atom stereocenters. The molecule has 448 valence electrons. The lowest BCUT2D eigenvalue weighted by atomic mass is 9.94. The Morgan fingerprint density at radius 1 is 0.738 bits per heavy atom. The van der Waals surface area contributed by atoms with E-state index in [1.54, 1.807) is 10.9 Å². The van der Waals surface area contributed by atoms with Gasteiger partial charge in [-0.15, -0.1) is 5.10 Å². The van der Waals surface area contributed by atoms with Gasteiger partial charge in [0.15, 0.2) is 23.5 Å². The van der Waals surface area contributed by atoms with Crippen molar-refractivity contribution in [2.24, 2.45) is 11.8 Å². The van der Waals surface area contributed by atoms with E-state index in [1.807, 2.05) is 6.20 Å². The topological polar surface area (TPSA) is 303 Å². The molecular formula is C49H71ClF3N8O18P. The monoisotopic (exact) mass is 1180 g/mol. The van der Waals surface area contributed by atoms with Gasteiger partial charge in [-0.3, -0.25) is 9.36 Å². The first-order valence-electron chi connectivity index (χ1n) is 26.5. The third kappa shape index (κ3) is 20.4. The molecule has 2 aliphatic heterocycles. The normalized spacial score (nSPS) is 21.1. The number of hydrogen-bond acceptors (Lipinski definition) is 22. The third-order valence-electron chi connectivity index (χ3n) is 13.0. The van der Waals surface area contributed by atoms with E-state index < -0.39 is 67.7 Å². The van der Waals surface area contributed by atoms with Crippen LogP contribution in [0.1, 0.15) is 44.0 Å². The molecule has 2 bridgehead atoms. The number of halogens is 4. The molecule has 7 atom stereocenters. The molecule has 4 aromatic rings. The van der Waals surface area contributed by atoms with E-state index in [2.05, 4.69) is 35.0 Å². The lowest BCUT2D eigenvalue weighted by Gasteiger charge is -2.38. The fraction of sp³-hybridized carbons (Fsp3) is 0.714.